The highest BCUT2D eigenvalue weighted by Crippen LogP contribution is 2.19. The van der Waals surface area contributed by atoms with Gasteiger partial charge in [-0.3, -0.25) is 9.59 Å². The Bertz CT molecular complexity index is 1050. The molecule has 1 atom stereocenters. The summed E-state index contributed by atoms with van der Waals surface area (Å²) in [5.41, 5.74) is 3.97. The first-order valence-electron chi connectivity index (χ1n) is 10.2. The van der Waals surface area contributed by atoms with Crippen LogP contribution in [0.5, 0.6) is 5.75 Å². The number of methoxy groups -OCH3 is 1. The van der Waals surface area contributed by atoms with Gasteiger partial charge in [-0.1, -0.05) is 36.4 Å². The van der Waals surface area contributed by atoms with Gasteiger partial charge in [-0.05, 0) is 48.9 Å². The molecule has 0 saturated carbocycles. The monoisotopic (exact) mass is 418 g/mol. The van der Waals surface area contributed by atoms with E-state index in [1.165, 1.54) is 11.1 Å². The average Bonchev–Trinajstić information content (AvgIpc) is 2.76. The van der Waals surface area contributed by atoms with Crippen LogP contribution in [0.2, 0.25) is 0 Å². The van der Waals surface area contributed by atoms with Crippen LogP contribution in [0.4, 0.5) is 11.4 Å². The van der Waals surface area contributed by atoms with Gasteiger partial charge < -0.3 is 20.3 Å². The van der Waals surface area contributed by atoms with Gasteiger partial charge in [-0.2, -0.15) is 0 Å². The molecule has 0 heterocycles. The zero-order chi connectivity index (χ0) is 22.2. The van der Waals surface area contributed by atoms with Crippen molar-refractivity contribution in [3.63, 3.8) is 0 Å². The van der Waals surface area contributed by atoms with Gasteiger partial charge in [0, 0.05) is 11.3 Å². The van der Waals surface area contributed by atoms with Gasteiger partial charge in [0.1, 0.15) is 12.3 Å². The van der Waals surface area contributed by atoms with Crippen molar-refractivity contribution in [2.45, 2.75) is 13.5 Å². The molecule has 0 spiro atoms. The highest BCUT2D eigenvalue weighted by molar-refractivity contribution is 6.10. The lowest BCUT2D eigenvalue weighted by molar-refractivity contribution is -0.885. The maximum atomic E-state index is 12.8. The number of para-hydroxylation sites is 1. The molecule has 160 valence electrons. The second-order valence-corrected chi connectivity index (χ2v) is 7.51. The minimum atomic E-state index is -0.290. The summed E-state index contributed by atoms with van der Waals surface area (Å²) in [7, 11) is 3.57. The van der Waals surface area contributed by atoms with E-state index in [2.05, 4.69) is 29.7 Å². The fraction of sp³-hybridized carbons (Fsp3) is 0.200. The number of benzene rings is 3. The van der Waals surface area contributed by atoms with Gasteiger partial charge in [0.15, 0.2) is 6.54 Å². The minimum absolute atomic E-state index is 0.143. The van der Waals surface area contributed by atoms with Gasteiger partial charge in [-0.15, -0.1) is 0 Å². The van der Waals surface area contributed by atoms with Crippen LogP contribution in [0.1, 0.15) is 21.5 Å². The van der Waals surface area contributed by atoms with E-state index < -0.39 is 0 Å². The Kier molecular flexibility index (Phi) is 7.40. The Morgan fingerprint density at radius 2 is 1.58 bits per heavy atom. The molecule has 1 unspecified atom stereocenters. The summed E-state index contributed by atoms with van der Waals surface area (Å²) in [6, 6.07) is 22.2. The third kappa shape index (κ3) is 6.17. The van der Waals surface area contributed by atoms with Gasteiger partial charge in [0.05, 0.1) is 25.4 Å². The summed E-state index contributed by atoms with van der Waals surface area (Å²) in [4.78, 5) is 26.5. The van der Waals surface area contributed by atoms with Crippen LogP contribution in [0.3, 0.4) is 0 Å². The van der Waals surface area contributed by atoms with E-state index in [1.54, 1.807) is 55.6 Å². The van der Waals surface area contributed by atoms with E-state index in [4.69, 9.17) is 4.74 Å². The fourth-order valence-electron chi connectivity index (χ4n) is 3.33. The number of ether oxygens (including phenoxy) is 1. The molecule has 3 aromatic carbocycles. The van der Waals surface area contributed by atoms with Crippen molar-refractivity contribution in [3.05, 3.63) is 89.5 Å². The number of rotatable bonds is 8. The Labute approximate surface area is 182 Å². The summed E-state index contributed by atoms with van der Waals surface area (Å²) in [6.07, 6.45) is 0. The second-order valence-electron chi connectivity index (χ2n) is 7.51. The largest absolute Gasteiger partial charge is 0.497 e. The predicted octanol–water partition coefficient (Wildman–Crippen LogP) is 2.91. The van der Waals surface area contributed by atoms with Crippen LogP contribution >= 0.6 is 0 Å². The van der Waals surface area contributed by atoms with Crippen LogP contribution in [0.25, 0.3) is 0 Å². The molecule has 0 fully saturated rings. The van der Waals surface area contributed by atoms with Crippen molar-refractivity contribution in [3.8, 4) is 5.75 Å². The molecule has 3 N–H and O–H groups in total. The van der Waals surface area contributed by atoms with Crippen LogP contribution in [0.15, 0.2) is 72.8 Å². The average molecular weight is 419 g/mol. The topological polar surface area (TPSA) is 71.9 Å². The van der Waals surface area contributed by atoms with E-state index in [1.807, 2.05) is 19.2 Å². The third-order valence-electron chi connectivity index (χ3n) is 5.01. The van der Waals surface area contributed by atoms with Gasteiger partial charge in [0.25, 0.3) is 11.8 Å². The van der Waals surface area contributed by atoms with Crippen molar-refractivity contribution in [1.29, 1.82) is 0 Å². The Hall–Kier alpha value is -3.64. The molecule has 0 aliphatic carbocycles. The summed E-state index contributed by atoms with van der Waals surface area (Å²) in [6.45, 7) is 3.11. The molecular weight excluding hydrogens is 390 g/mol. The summed E-state index contributed by atoms with van der Waals surface area (Å²) in [5, 5.41) is 5.74. The van der Waals surface area contributed by atoms with Crippen LogP contribution < -0.4 is 20.3 Å². The molecule has 0 saturated heterocycles. The standard InChI is InChI=1S/C25H27N3O3/c1-18-8-4-5-9-19(18)16-28(2)17-24(29)27-23-11-7-6-10-22(23)25(30)26-20-12-14-21(31-3)15-13-20/h4-15H,16-17H2,1-3H3,(H,26,30)(H,27,29)/p+1. The van der Waals surface area contributed by atoms with Crippen molar-refractivity contribution in [1.82, 2.24) is 0 Å². The molecule has 0 aromatic heterocycles. The molecule has 6 heteroatoms. The predicted molar refractivity (Wildman–Crippen MR) is 123 cm³/mol. The van der Waals surface area contributed by atoms with E-state index in [-0.39, 0.29) is 11.8 Å². The lowest BCUT2D eigenvalue weighted by Crippen LogP contribution is -3.08. The number of carbonyl (C=O) groups is 2. The molecule has 0 bridgehead atoms. The van der Waals surface area contributed by atoms with Gasteiger partial charge in [0.2, 0.25) is 0 Å². The Morgan fingerprint density at radius 1 is 0.903 bits per heavy atom. The molecule has 3 rings (SSSR count). The third-order valence-corrected chi connectivity index (χ3v) is 5.01. The maximum Gasteiger partial charge on any atom is 0.279 e. The molecule has 31 heavy (non-hydrogen) atoms. The van der Waals surface area contributed by atoms with Gasteiger partial charge >= 0.3 is 0 Å². The van der Waals surface area contributed by atoms with Crippen molar-refractivity contribution in [2.75, 3.05) is 31.3 Å². The maximum absolute atomic E-state index is 12.8. The lowest BCUT2D eigenvalue weighted by atomic mass is 10.1. The van der Waals surface area contributed by atoms with Crippen molar-refractivity contribution >= 4 is 23.2 Å². The number of hydrogen-bond donors (Lipinski definition) is 3. The highest BCUT2D eigenvalue weighted by atomic mass is 16.5. The number of carbonyl (C=O) groups excluding carboxylic acids is 2. The number of quaternary nitrogens is 1. The summed E-state index contributed by atoms with van der Waals surface area (Å²) in [5.74, 6) is 0.278. The number of amides is 2. The van der Waals surface area contributed by atoms with Crippen molar-refractivity contribution < 1.29 is 19.2 Å². The first-order valence-corrected chi connectivity index (χ1v) is 10.2. The summed E-state index contributed by atoms with van der Waals surface area (Å²) >= 11 is 0. The first kappa shape index (κ1) is 22.1. The molecule has 2 amide bonds. The van der Waals surface area contributed by atoms with Crippen molar-refractivity contribution in [2.24, 2.45) is 0 Å². The van der Waals surface area contributed by atoms with E-state index in [0.717, 1.165) is 11.4 Å². The van der Waals surface area contributed by atoms with Crippen LogP contribution in [0, 0.1) is 6.92 Å². The normalized spacial score (nSPS) is 11.5. The Balaban J connectivity index is 1.63. The van der Waals surface area contributed by atoms with Crippen LogP contribution in [-0.2, 0) is 11.3 Å². The molecule has 3 aromatic rings. The molecule has 0 aliphatic rings. The lowest BCUT2D eigenvalue weighted by Gasteiger charge is -2.16. The SMILES string of the molecule is COc1ccc(NC(=O)c2ccccc2NC(=O)C[NH+](C)Cc2ccccc2C)cc1. The van der Waals surface area contributed by atoms with E-state index in [9.17, 15) is 9.59 Å². The number of anilines is 2. The first-order chi connectivity index (χ1) is 15.0. The molecule has 6 nitrogen and oxygen atoms in total. The number of hydrogen-bond acceptors (Lipinski definition) is 3. The number of nitrogens with one attached hydrogen (secondary N) is 3. The fourth-order valence-corrected chi connectivity index (χ4v) is 3.33. The zero-order valence-electron chi connectivity index (χ0n) is 18.1. The van der Waals surface area contributed by atoms with Crippen LogP contribution in [-0.4, -0.2) is 32.5 Å². The smallest absolute Gasteiger partial charge is 0.279 e. The molecular formula is C25H28N3O3+. The van der Waals surface area contributed by atoms with E-state index in [0.29, 0.717) is 29.2 Å². The molecule has 0 aliphatic heterocycles. The summed E-state index contributed by atoms with van der Waals surface area (Å²) < 4.78 is 5.14. The second kappa shape index (κ2) is 10.4. The van der Waals surface area contributed by atoms with Gasteiger partial charge in [-0.25, -0.2) is 0 Å². The minimum Gasteiger partial charge on any atom is -0.497 e. The number of aryl methyl sites for hydroxylation is 1. The zero-order valence-corrected chi connectivity index (χ0v) is 18.1. The van der Waals surface area contributed by atoms with E-state index >= 15 is 0 Å². The quantitative estimate of drug-likeness (QED) is 0.527. The molecule has 0 radical (unpaired) electrons. The number of likely N-dealkylation sites (N-methyl/N-ethyl adjacent to an activating group) is 1. The highest BCUT2D eigenvalue weighted by Gasteiger charge is 2.16. The Morgan fingerprint density at radius 3 is 2.29 bits per heavy atom.